The summed E-state index contributed by atoms with van der Waals surface area (Å²) in [6.45, 7) is 4.58. The molecular weight excluding hydrogens is 264 g/mol. The minimum absolute atomic E-state index is 0.177. The minimum Gasteiger partial charge on any atom is -0.461 e. The van der Waals surface area contributed by atoms with E-state index in [-0.39, 0.29) is 5.69 Å². The van der Waals surface area contributed by atoms with Crippen LogP contribution in [0, 0.1) is 0 Å². The normalized spacial score (nSPS) is 10.6. The molecule has 1 aromatic rings. The predicted molar refractivity (Wildman–Crippen MR) is 73.0 cm³/mol. The van der Waals surface area contributed by atoms with Crippen LogP contribution in [0.3, 0.4) is 0 Å². The summed E-state index contributed by atoms with van der Waals surface area (Å²) in [5, 5.41) is 0. The fraction of sp³-hybridized carbons (Fsp3) is 0.692. The van der Waals surface area contributed by atoms with Crippen molar-refractivity contribution in [2.45, 2.75) is 13.3 Å². The number of ether oxygens (including phenoxy) is 3. The van der Waals surface area contributed by atoms with Gasteiger partial charge >= 0.3 is 5.97 Å². The average Bonchev–Trinajstić information content (AvgIpc) is 2.92. The lowest BCUT2D eigenvalue weighted by atomic mass is 10.4. The van der Waals surface area contributed by atoms with Crippen molar-refractivity contribution in [1.29, 1.82) is 0 Å². The van der Waals surface area contributed by atoms with Crippen LogP contribution in [0.4, 0.5) is 6.01 Å². The van der Waals surface area contributed by atoms with Crippen molar-refractivity contribution in [2.75, 3.05) is 52.0 Å². The van der Waals surface area contributed by atoms with Gasteiger partial charge in [-0.1, -0.05) is 0 Å². The van der Waals surface area contributed by atoms with Crippen molar-refractivity contribution in [1.82, 2.24) is 4.98 Å². The molecule has 0 saturated carbocycles. The highest BCUT2D eigenvalue weighted by atomic mass is 16.5. The van der Waals surface area contributed by atoms with Gasteiger partial charge in [0, 0.05) is 33.9 Å². The highest BCUT2D eigenvalue weighted by Crippen LogP contribution is 2.14. The second-order valence-corrected chi connectivity index (χ2v) is 4.06. The summed E-state index contributed by atoms with van der Waals surface area (Å²) in [5.74, 6) is -0.480. The van der Waals surface area contributed by atoms with E-state index in [1.807, 2.05) is 4.90 Å². The molecule has 1 heterocycles. The smallest absolute Gasteiger partial charge is 0.360 e. The van der Waals surface area contributed by atoms with Crippen LogP contribution in [-0.4, -0.2) is 58.1 Å². The first-order valence-electron chi connectivity index (χ1n) is 6.58. The lowest BCUT2D eigenvalue weighted by Gasteiger charge is -2.19. The Bertz CT molecular complexity index is 394. The van der Waals surface area contributed by atoms with Gasteiger partial charge in [-0.2, -0.15) is 4.98 Å². The van der Waals surface area contributed by atoms with Crippen LogP contribution in [0.1, 0.15) is 23.8 Å². The van der Waals surface area contributed by atoms with E-state index < -0.39 is 5.97 Å². The molecule has 20 heavy (non-hydrogen) atoms. The zero-order chi connectivity index (χ0) is 14.8. The number of rotatable bonds is 10. The molecule has 0 aliphatic heterocycles. The third-order valence-corrected chi connectivity index (χ3v) is 2.59. The third kappa shape index (κ3) is 5.18. The zero-order valence-electron chi connectivity index (χ0n) is 12.3. The van der Waals surface area contributed by atoms with Gasteiger partial charge in [-0.05, 0) is 13.3 Å². The first kappa shape index (κ1) is 16.5. The van der Waals surface area contributed by atoms with Crippen molar-refractivity contribution in [3.8, 4) is 0 Å². The number of anilines is 1. The van der Waals surface area contributed by atoms with Gasteiger partial charge in [0.1, 0.15) is 6.26 Å². The summed E-state index contributed by atoms with van der Waals surface area (Å²) in [5.41, 5.74) is 0.177. The average molecular weight is 286 g/mol. The molecule has 0 fully saturated rings. The second-order valence-electron chi connectivity index (χ2n) is 4.06. The molecule has 1 rings (SSSR count). The number of hydrogen-bond acceptors (Lipinski definition) is 7. The maximum Gasteiger partial charge on any atom is 0.360 e. The highest BCUT2D eigenvalue weighted by molar-refractivity contribution is 5.87. The first-order chi connectivity index (χ1) is 9.72. The summed E-state index contributed by atoms with van der Waals surface area (Å²) >= 11 is 0. The van der Waals surface area contributed by atoms with E-state index in [9.17, 15) is 4.79 Å². The summed E-state index contributed by atoms with van der Waals surface area (Å²) in [4.78, 5) is 17.6. The summed E-state index contributed by atoms with van der Waals surface area (Å²) in [7, 11) is 3.29. The predicted octanol–water partition coefficient (Wildman–Crippen LogP) is 1.34. The van der Waals surface area contributed by atoms with Crippen molar-refractivity contribution < 1.29 is 23.4 Å². The van der Waals surface area contributed by atoms with Crippen LogP contribution in [0.2, 0.25) is 0 Å². The Balaban J connectivity index is 2.66. The third-order valence-electron chi connectivity index (χ3n) is 2.59. The van der Waals surface area contributed by atoms with Crippen LogP contribution in [0.25, 0.3) is 0 Å². The summed E-state index contributed by atoms with van der Waals surface area (Å²) in [6.07, 6.45) is 2.14. The molecule has 7 nitrogen and oxygen atoms in total. The quantitative estimate of drug-likeness (QED) is 0.474. The van der Waals surface area contributed by atoms with Crippen LogP contribution < -0.4 is 4.90 Å². The Kier molecular flexibility index (Phi) is 7.67. The van der Waals surface area contributed by atoms with Gasteiger partial charge in [0.15, 0.2) is 5.69 Å². The molecule has 0 bridgehead atoms. The largest absolute Gasteiger partial charge is 0.461 e. The van der Waals surface area contributed by atoms with Gasteiger partial charge < -0.3 is 23.5 Å². The molecule has 0 aliphatic rings. The number of esters is 1. The van der Waals surface area contributed by atoms with Crippen LogP contribution in [0.15, 0.2) is 10.7 Å². The summed E-state index contributed by atoms with van der Waals surface area (Å²) in [6, 6.07) is 0.390. The zero-order valence-corrected chi connectivity index (χ0v) is 12.3. The highest BCUT2D eigenvalue weighted by Gasteiger charge is 2.17. The minimum atomic E-state index is -0.480. The SMILES string of the molecule is CCOC(=O)c1coc(N(CCCOC)CCOC)n1. The number of methoxy groups -OCH3 is 2. The Morgan fingerprint density at radius 3 is 2.70 bits per heavy atom. The number of carbonyl (C=O) groups is 1. The van der Waals surface area contributed by atoms with Crippen LogP contribution in [0.5, 0.6) is 0 Å². The number of aromatic nitrogens is 1. The fourth-order valence-electron chi connectivity index (χ4n) is 1.61. The van der Waals surface area contributed by atoms with E-state index >= 15 is 0 Å². The van der Waals surface area contributed by atoms with Crippen molar-refractivity contribution >= 4 is 12.0 Å². The van der Waals surface area contributed by atoms with Crippen LogP contribution >= 0.6 is 0 Å². The van der Waals surface area contributed by atoms with Crippen molar-refractivity contribution in [3.63, 3.8) is 0 Å². The molecule has 7 heteroatoms. The molecule has 0 N–H and O–H groups in total. The maximum absolute atomic E-state index is 11.5. The lowest BCUT2D eigenvalue weighted by molar-refractivity contribution is 0.0519. The Morgan fingerprint density at radius 1 is 1.30 bits per heavy atom. The number of oxazole rings is 1. The molecule has 0 amide bonds. The van der Waals surface area contributed by atoms with Gasteiger partial charge in [-0.25, -0.2) is 4.79 Å². The summed E-state index contributed by atoms with van der Waals surface area (Å²) < 4.78 is 20.3. The molecular formula is C13H22N2O5. The molecule has 0 aromatic carbocycles. The Morgan fingerprint density at radius 2 is 2.05 bits per heavy atom. The standard InChI is InChI=1S/C13H22N2O5/c1-4-19-12(16)11-10-20-13(14-11)15(7-9-18-3)6-5-8-17-2/h10H,4-9H2,1-3H3. The number of carbonyl (C=O) groups excluding carboxylic acids is 1. The van der Waals surface area contributed by atoms with Crippen molar-refractivity contribution in [2.24, 2.45) is 0 Å². The first-order valence-corrected chi connectivity index (χ1v) is 6.58. The van der Waals surface area contributed by atoms with Gasteiger partial charge in [-0.3, -0.25) is 0 Å². The van der Waals surface area contributed by atoms with E-state index in [0.717, 1.165) is 6.42 Å². The van der Waals surface area contributed by atoms with E-state index in [2.05, 4.69) is 4.98 Å². The monoisotopic (exact) mass is 286 g/mol. The molecule has 0 unspecified atom stereocenters. The molecule has 0 radical (unpaired) electrons. The van der Waals surface area contributed by atoms with Gasteiger partial charge in [0.2, 0.25) is 0 Å². The fourth-order valence-corrected chi connectivity index (χ4v) is 1.61. The molecule has 114 valence electrons. The number of nitrogens with zero attached hydrogens (tertiary/aromatic N) is 2. The molecule has 0 saturated heterocycles. The maximum atomic E-state index is 11.5. The van der Waals surface area contributed by atoms with Crippen molar-refractivity contribution in [3.05, 3.63) is 12.0 Å². The Labute approximate surface area is 118 Å². The van der Waals surface area contributed by atoms with Gasteiger partial charge in [0.25, 0.3) is 6.01 Å². The lowest BCUT2D eigenvalue weighted by Crippen LogP contribution is -2.29. The second kappa shape index (κ2) is 9.33. The van der Waals surface area contributed by atoms with Gasteiger partial charge in [0.05, 0.1) is 13.2 Å². The van der Waals surface area contributed by atoms with Crippen LogP contribution in [-0.2, 0) is 14.2 Å². The molecule has 0 aliphatic carbocycles. The van der Waals surface area contributed by atoms with E-state index in [1.165, 1.54) is 6.26 Å². The molecule has 1 aromatic heterocycles. The van der Waals surface area contributed by atoms with E-state index in [0.29, 0.717) is 38.9 Å². The topological polar surface area (TPSA) is 74.0 Å². The Hall–Kier alpha value is -1.60. The van der Waals surface area contributed by atoms with E-state index in [4.69, 9.17) is 18.6 Å². The number of hydrogen-bond donors (Lipinski definition) is 0. The molecule has 0 atom stereocenters. The molecule has 0 spiro atoms. The van der Waals surface area contributed by atoms with E-state index in [1.54, 1.807) is 21.1 Å². The van der Waals surface area contributed by atoms with Gasteiger partial charge in [-0.15, -0.1) is 0 Å².